The lowest BCUT2D eigenvalue weighted by Gasteiger charge is -2.29. The smallest absolute Gasteiger partial charge is 0.421 e. The highest BCUT2D eigenvalue weighted by Crippen LogP contribution is 2.45. The Bertz CT molecular complexity index is 1780. The molecule has 0 spiro atoms. The maximum absolute atomic E-state index is 14.6. The van der Waals surface area contributed by atoms with Crippen LogP contribution in [-0.4, -0.2) is 32.7 Å². The van der Waals surface area contributed by atoms with Crippen LogP contribution in [0, 0.1) is 17.1 Å². The van der Waals surface area contributed by atoms with Gasteiger partial charge < -0.3 is 14.4 Å². The molecule has 0 fully saturated rings. The number of aliphatic hydroxyl groups is 1. The van der Waals surface area contributed by atoms with Crippen LogP contribution in [-0.2, 0) is 18.7 Å². The van der Waals surface area contributed by atoms with Gasteiger partial charge in [0, 0.05) is 41.9 Å². The minimum Gasteiger partial charge on any atom is -0.497 e. The maximum atomic E-state index is 14.6. The molecule has 0 saturated heterocycles. The molecule has 0 saturated carbocycles. The van der Waals surface area contributed by atoms with Crippen LogP contribution in [0.25, 0.3) is 17.0 Å². The fraction of sp³-hybridized carbons (Fsp3) is 0.188. The summed E-state index contributed by atoms with van der Waals surface area (Å²) in [7, 11) is 1.58. The number of ether oxygens (including phenoxy) is 1. The molecule has 1 N–H and O–H groups in total. The molecule has 0 aliphatic heterocycles. The van der Waals surface area contributed by atoms with Crippen LogP contribution in [0.15, 0.2) is 91.4 Å². The first-order valence-corrected chi connectivity index (χ1v) is 13.0. The normalized spacial score (nSPS) is 13.4. The van der Waals surface area contributed by atoms with E-state index in [2.05, 4.69) is 5.10 Å². The summed E-state index contributed by atoms with van der Waals surface area (Å²) in [5.41, 5.74) is -0.971. The van der Waals surface area contributed by atoms with Crippen molar-refractivity contribution >= 4 is 17.0 Å². The molecule has 3 aromatic carbocycles. The molecule has 1 unspecified atom stereocenters. The molecule has 0 aliphatic rings. The number of hydrogen-bond acceptors (Lipinski definition) is 4. The van der Waals surface area contributed by atoms with Gasteiger partial charge in [0.25, 0.3) is 0 Å². The van der Waals surface area contributed by atoms with Gasteiger partial charge in [0.2, 0.25) is 0 Å². The molecule has 0 amide bonds. The second-order valence-electron chi connectivity index (χ2n) is 9.93. The first kappa shape index (κ1) is 28.6. The van der Waals surface area contributed by atoms with Gasteiger partial charge in [-0.2, -0.15) is 23.5 Å². The van der Waals surface area contributed by atoms with Crippen molar-refractivity contribution in [2.45, 2.75) is 31.3 Å². The summed E-state index contributed by atoms with van der Waals surface area (Å²) in [5, 5.41) is 25.0. The largest absolute Gasteiger partial charge is 0.497 e. The van der Waals surface area contributed by atoms with E-state index < -0.39 is 24.0 Å². The molecule has 214 valence electrons. The maximum Gasteiger partial charge on any atom is 0.421 e. The number of halogens is 4. The second kappa shape index (κ2) is 11.5. The molecule has 5 aromatic rings. The number of rotatable bonds is 9. The number of hydrogen-bond donors (Lipinski definition) is 1. The van der Waals surface area contributed by atoms with Crippen molar-refractivity contribution in [2.24, 2.45) is 0 Å². The van der Waals surface area contributed by atoms with Crippen LogP contribution in [0.1, 0.15) is 34.2 Å². The lowest BCUT2D eigenvalue weighted by molar-refractivity contribution is -0.264. The Morgan fingerprint density at radius 1 is 1.00 bits per heavy atom. The standard InChI is InChI=1S/C32H26F4N4O2/c1-42-27-10-7-22(8-11-27)19-40-20-25(17-38-40)5-3-13-31(41,32(34,35)36)29-21-39(18-24-4-2-6-26(33)14-24)30-15-23(16-37)9-12-28(29)30/h2-12,14-15,17,20-21,41H,13,18-19H2,1H3. The Morgan fingerprint density at radius 2 is 1.79 bits per heavy atom. The van der Waals surface area contributed by atoms with Crippen LogP contribution < -0.4 is 4.74 Å². The van der Waals surface area contributed by atoms with Crippen molar-refractivity contribution in [1.29, 1.82) is 5.26 Å². The molecular formula is C32H26F4N4O2. The van der Waals surface area contributed by atoms with Crippen LogP contribution in [0.2, 0.25) is 0 Å². The van der Waals surface area contributed by atoms with E-state index >= 15 is 0 Å². The van der Waals surface area contributed by atoms with E-state index in [9.17, 15) is 27.9 Å². The Balaban J connectivity index is 1.44. The van der Waals surface area contributed by atoms with E-state index in [4.69, 9.17) is 4.74 Å². The van der Waals surface area contributed by atoms with E-state index in [0.29, 0.717) is 23.2 Å². The Kier molecular flexibility index (Phi) is 7.87. The van der Waals surface area contributed by atoms with E-state index in [1.807, 2.05) is 30.3 Å². The molecule has 0 aliphatic carbocycles. The zero-order valence-electron chi connectivity index (χ0n) is 22.5. The highest BCUT2D eigenvalue weighted by Gasteiger charge is 2.55. The molecule has 2 heterocycles. The molecule has 0 bridgehead atoms. The summed E-state index contributed by atoms with van der Waals surface area (Å²) >= 11 is 0. The topological polar surface area (TPSA) is 76.0 Å². The van der Waals surface area contributed by atoms with Crippen LogP contribution >= 0.6 is 0 Å². The van der Waals surface area contributed by atoms with Crippen molar-refractivity contribution in [1.82, 2.24) is 14.3 Å². The highest BCUT2D eigenvalue weighted by molar-refractivity contribution is 5.86. The van der Waals surface area contributed by atoms with Gasteiger partial charge >= 0.3 is 6.18 Å². The number of alkyl halides is 3. The second-order valence-corrected chi connectivity index (χ2v) is 9.93. The average molecular weight is 575 g/mol. The highest BCUT2D eigenvalue weighted by atomic mass is 19.4. The van der Waals surface area contributed by atoms with Gasteiger partial charge in [-0.15, -0.1) is 0 Å². The molecule has 1 atom stereocenters. The third-order valence-corrected chi connectivity index (χ3v) is 7.05. The molecular weight excluding hydrogens is 548 g/mol. The fourth-order valence-electron chi connectivity index (χ4n) is 4.87. The summed E-state index contributed by atoms with van der Waals surface area (Å²) in [6.45, 7) is 0.500. The average Bonchev–Trinajstić information content (AvgIpc) is 3.56. The first-order valence-electron chi connectivity index (χ1n) is 13.0. The summed E-state index contributed by atoms with van der Waals surface area (Å²) in [5.74, 6) is 0.244. The fourth-order valence-corrected chi connectivity index (χ4v) is 4.87. The van der Waals surface area contributed by atoms with Crippen molar-refractivity contribution < 1.29 is 27.4 Å². The summed E-state index contributed by atoms with van der Waals surface area (Å²) in [4.78, 5) is 0. The molecule has 2 aromatic heterocycles. The lowest BCUT2D eigenvalue weighted by Crippen LogP contribution is -2.41. The number of methoxy groups -OCH3 is 1. The van der Waals surface area contributed by atoms with Gasteiger partial charge in [0.15, 0.2) is 5.60 Å². The Morgan fingerprint density at radius 3 is 2.48 bits per heavy atom. The number of nitriles is 1. The predicted molar refractivity (Wildman–Crippen MR) is 150 cm³/mol. The predicted octanol–water partition coefficient (Wildman–Crippen LogP) is 6.81. The molecule has 10 heteroatoms. The summed E-state index contributed by atoms with van der Waals surface area (Å²) in [6, 6.07) is 19.4. The lowest BCUT2D eigenvalue weighted by atomic mass is 9.89. The van der Waals surface area contributed by atoms with E-state index in [0.717, 1.165) is 11.3 Å². The third-order valence-electron chi connectivity index (χ3n) is 7.05. The van der Waals surface area contributed by atoms with Crippen molar-refractivity contribution in [3.8, 4) is 11.8 Å². The molecule has 6 nitrogen and oxygen atoms in total. The van der Waals surface area contributed by atoms with E-state index in [-0.39, 0.29) is 23.1 Å². The van der Waals surface area contributed by atoms with Crippen LogP contribution in [0.5, 0.6) is 5.75 Å². The zero-order valence-corrected chi connectivity index (χ0v) is 22.5. The van der Waals surface area contributed by atoms with Crippen LogP contribution in [0.4, 0.5) is 17.6 Å². The Labute approximate surface area is 239 Å². The SMILES string of the molecule is COc1ccc(Cn2cc(C=CCC(O)(c3cn(Cc4cccc(F)c4)c4cc(C#N)ccc34)C(F)(F)F)cn2)cc1. The quantitative estimate of drug-likeness (QED) is 0.196. The number of benzene rings is 3. The van der Waals surface area contributed by atoms with E-state index in [1.165, 1.54) is 65.5 Å². The summed E-state index contributed by atoms with van der Waals surface area (Å²) < 4.78 is 65.8. The number of fused-ring (bicyclic) bond motifs is 1. The minimum absolute atomic E-state index is 0.0420. The molecule has 5 rings (SSSR count). The van der Waals surface area contributed by atoms with Crippen molar-refractivity contribution in [3.05, 3.63) is 125 Å². The monoisotopic (exact) mass is 574 g/mol. The number of aromatic nitrogens is 3. The van der Waals surface area contributed by atoms with Gasteiger partial charge in [-0.25, -0.2) is 4.39 Å². The molecule has 42 heavy (non-hydrogen) atoms. The van der Waals surface area contributed by atoms with Gasteiger partial charge in [-0.05, 0) is 47.5 Å². The van der Waals surface area contributed by atoms with Crippen molar-refractivity contribution in [3.63, 3.8) is 0 Å². The zero-order chi connectivity index (χ0) is 29.9. The summed E-state index contributed by atoms with van der Waals surface area (Å²) in [6.07, 6.45) is 1.41. The van der Waals surface area contributed by atoms with E-state index in [1.54, 1.807) is 24.1 Å². The van der Waals surface area contributed by atoms with Gasteiger partial charge in [0.05, 0.1) is 37.0 Å². The Hall–Kier alpha value is -4.88. The third kappa shape index (κ3) is 5.92. The van der Waals surface area contributed by atoms with Crippen LogP contribution in [0.3, 0.4) is 0 Å². The van der Waals surface area contributed by atoms with Crippen molar-refractivity contribution in [2.75, 3.05) is 7.11 Å². The minimum atomic E-state index is -5.03. The molecule has 0 radical (unpaired) electrons. The number of nitrogens with zero attached hydrogens (tertiary/aromatic N) is 4. The van der Waals surface area contributed by atoms with Gasteiger partial charge in [-0.1, -0.05) is 42.5 Å². The van der Waals surface area contributed by atoms with Gasteiger partial charge in [-0.3, -0.25) is 4.68 Å². The first-order chi connectivity index (χ1) is 20.1. The van der Waals surface area contributed by atoms with Gasteiger partial charge in [0.1, 0.15) is 11.6 Å².